The van der Waals surface area contributed by atoms with Crippen LogP contribution in [-0.4, -0.2) is 32.5 Å². The van der Waals surface area contributed by atoms with Crippen molar-refractivity contribution in [2.45, 2.75) is 46.1 Å². The zero-order chi connectivity index (χ0) is 11.0. The molecule has 14 heavy (non-hydrogen) atoms. The largest absolute Gasteiger partial charge is 0.313 e. The van der Waals surface area contributed by atoms with E-state index in [-0.39, 0.29) is 17.5 Å². The van der Waals surface area contributed by atoms with Gasteiger partial charge in [-0.05, 0) is 19.4 Å². The summed E-state index contributed by atoms with van der Waals surface area (Å²) in [6.45, 7) is 6.78. The minimum absolute atomic E-state index is 0.143. The van der Waals surface area contributed by atoms with Crippen LogP contribution >= 0.6 is 0 Å². The van der Waals surface area contributed by atoms with Crippen molar-refractivity contribution in [1.82, 2.24) is 5.32 Å². The van der Waals surface area contributed by atoms with Gasteiger partial charge in [0.1, 0.15) is 0 Å². The SMILES string of the molecule is CCCNC(CCC)CS(=O)(=O)CC. The second-order valence-electron chi connectivity index (χ2n) is 3.64. The monoisotopic (exact) mass is 221 g/mol. The van der Waals surface area contributed by atoms with Crippen molar-refractivity contribution >= 4 is 9.84 Å². The van der Waals surface area contributed by atoms with E-state index in [2.05, 4.69) is 19.2 Å². The Labute approximate surface area is 88.2 Å². The van der Waals surface area contributed by atoms with Gasteiger partial charge in [0.15, 0.2) is 9.84 Å². The van der Waals surface area contributed by atoms with Gasteiger partial charge >= 0.3 is 0 Å². The Morgan fingerprint density at radius 1 is 1.14 bits per heavy atom. The topological polar surface area (TPSA) is 46.2 Å². The summed E-state index contributed by atoms with van der Waals surface area (Å²) in [5.41, 5.74) is 0. The van der Waals surface area contributed by atoms with Crippen LogP contribution in [-0.2, 0) is 9.84 Å². The molecule has 0 aliphatic heterocycles. The van der Waals surface area contributed by atoms with Crippen LogP contribution in [0.4, 0.5) is 0 Å². The summed E-state index contributed by atoms with van der Waals surface area (Å²) in [4.78, 5) is 0. The van der Waals surface area contributed by atoms with E-state index in [1.165, 1.54) is 0 Å². The van der Waals surface area contributed by atoms with Gasteiger partial charge in [-0.25, -0.2) is 8.42 Å². The van der Waals surface area contributed by atoms with E-state index in [1.54, 1.807) is 6.92 Å². The molecule has 86 valence electrons. The van der Waals surface area contributed by atoms with Crippen molar-refractivity contribution in [3.8, 4) is 0 Å². The lowest BCUT2D eigenvalue weighted by Crippen LogP contribution is -2.36. The zero-order valence-electron chi connectivity index (χ0n) is 9.54. The van der Waals surface area contributed by atoms with Gasteiger partial charge in [-0.1, -0.05) is 27.2 Å². The predicted molar refractivity (Wildman–Crippen MR) is 61.3 cm³/mol. The standard InChI is InChI=1S/C10H23NO2S/c1-4-7-10(11-8-5-2)9-14(12,13)6-3/h10-11H,4-9H2,1-3H3. The molecule has 1 atom stereocenters. The lowest BCUT2D eigenvalue weighted by Gasteiger charge is -2.17. The normalized spacial score (nSPS) is 14.2. The first-order valence-corrected chi connectivity index (χ1v) is 7.31. The number of sulfone groups is 1. The quantitative estimate of drug-likeness (QED) is 0.677. The molecule has 0 aliphatic carbocycles. The molecule has 0 heterocycles. The first-order valence-electron chi connectivity index (χ1n) is 5.49. The van der Waals surface area contributed by atoms with Crippen LogP contribution in [0.5, 0.6) is 0 Å². The molecule has 1 unspecified atom stereocenters. The van der Waals surface area contributed by atoms with E-state index in [0.717, 1.165) is 25.8 Å². The average Bonchev–Trinajstić information content (AvgIpc) is 2.14. The highest BCUT2D eigenvalue weighted by atomic mass is 32.2. The van der Waals surface area contributed by atoms with Crippen LogP contribution < -0.4 is 5.32 Å². The highest BCUT2D eigenvalue weighted by Crippen LogP contribution is 2.02. The third-order valence-corrected chi connectivity index (χ3v) is 4.00. The van der Waals surface area contributed by atoms with Gasteiger partial charge in [0.05, 0.1) is 5.75 Å². The minimum Gasteiger partial charge on any atom is -0.313 e. The van der Waals surface area contributed by atoms with Gasteiger partial charge < -0.3 is 5.32 Å². The highest BCUT2D eigenvalue weighted by Gasteiger charge is 2.15. The zero-order valence-corrected chi connectivity index (χ0v) is 10.4. The van der Waals surface area contributed by atoms with E-state index in [1.807, 2.05) is 0 Å². The van der Waals surface area contributed by atoms with Crippen molar-refractivity contribution in [3.63, 3.8) is 0 Å². The fourth-order valence-corrected chi connectivity index (χ4v) is 2.50. The molecule has 0 aromatic carbocycles. The van der Waals surface area contributed by atoms with Gasteiger partial charge in [0.2, 0.25) is 0 Å². The lowest BCUT2D eigenvalue weighted by atomic mass is 10.2. The molecule has 0 radical (unpaired) electrons. The van der Waals surface area contributed by atoms with Crippen LogP contribution in [0.1, 0.15) is 40.0 Å². The maximum Gasteiger partial charge on any atom is 0.151 e. The molecule has 0 fully saturated rings. The fourth-order valence-electron chi connectivity index (χ4n) is 1.37. The van der Waals surface area contributed by atoms with Crippen LogP contribution in [0.2, 0.25) is 0 Å². The van der Waals surface area contributed by atoms with E-state index < -0.39 is 9.84 Å². The fraction of sp³-hybridized carbons (Fsp3) is 1.00. The van der Waals surface area contributed by atoms with Crippen molar-refractivity contribution in [2.75, 3.05) is 18.1 Å². The summed E-state index contributed by atoms with van der Waals surface area (Å²) < 4.78 is 22.8. The Morgan fingerprint density at radius 3 is 2.21 bits per heavy atom. The van der Waals surface area contributed by atoms with Gasteiger partial charge in [0, 0.05) is 11.8 Å². The van der Waals surface area contributed by atoms with Gasteiger partial charge in [-0.3, -0.25) is 0 Å². The molecule has 4 heteroatoms. The Kier molecular flexibility index (Phi) is 7.19. The molecule has 3 nitrogen and oxygen atoms in total. The molecule has 0 bridgehead atoms. The molecule has 0 rings (SSSR count). The summed E-state index contributed by atoms with van der Waals surface area (Å²) in [6, 6.07) is 0.143. The van der Waals surface area contributed by atoms with Crippen molar-refractivity contribution in [1.29, 1.82) is 0 Å². The van der Waals surface area contributed by atoms with Crippen LogP contribution in [0, 0.1) is 0 Å². The maximum atomic E-state index is 11.4. The van der Waals surface area contributed by atoms with Crippen LogP contribution in [0.3, 0.4) is 0 Å². The second-order valence-corrected chi connectivity index (χ2v) is 6.04. The van der Waals surface area contributed by atoms with Crippen molar-refractivity contribution in [2.24, 2.45) is 0 Å². The molecule has 0 spiro atoms. The third-order valence-electron chi connectivity index (χ3n) is 2.22. The van der Waals surface area contributed by atoms with E-state index >= 15 is 0 Å². The lowest BCUT2D eigenvalue weighted by molar-refractivity contribution is 0.500. The first kappa shape index (κ1) is 13.9. The van der Waals surface area contributed by atoms with Crippen molar-refractivity contribution in [3.05, 3.63) is 0 Å². The van der Waals surface area contributed by atoms with E-state index in [9.17, 15) is 8.42 Å². The summed E-state index contributed by atoms with van der Waals surface area (Å²) in [5.74, 6) is 0.540. The van der Waals surface area contributed by atoms with E-state index in [4.69, 9.17) is 0 Å². The van der Waals surface area contributed by atoms with Gasteiger partial charge in [-0.15, -0.1) is 0 Å². The smallest absolute Gasteiger partial charge is 0.151 e. The van der Waals surface area contributed by atoms with Gasteiger partial charge in [-0.2, -0.15) is 0 Å². The average molecular weight is 221 g/mol. The highest BCUT2D eigenvalue weighted by molar-refractivity contribution is 7.91. The third kappa shape index (κ3) is 6.38. The first-order chi connectivity index (χ1) is 6.55. The molecule has 0 amide bonds. The molecule has 0 aromatic rings. The second kappa shape index (κ2) is 7.23. The van der Waals surface area contributed by atoms with Crippen LogP contribution in [0.25, 0.3) is 0 Å². The Bertz CT molecular complexity index is 224. The number of nitrogens with one attached hydrogen (secondary N) is 1. The summed E-state index contributed by atoms with van der Waals surface area (Å²) in [5, 5.41) is 3.28. The molecule has 0 saturated heterocycles. The summed E-state index contributed by atoms with van der Waals surface area (Å²) in [7, 11) is -2.83. The number of hydrogen-bond acceptors (Lipinski definition) is 3. The number of hydrogen-bond donors (Lipinski definition) is 1. The Morgan fingerprint density at radius 2 is 1.79 bits per heavy atom. The van der Waals surface area contributed by atoms with Crippen molar-refractivity contribution < 1.29 is 8.42 Å². The number of rotatable bonds is 8. The summed E-state index contributed by atoms with van der Waals surface area (Å²) >= 11 is 0. The molecular formula is C10H23NO2S. The summed E-state index contributed by atoms with van der Waals surface area (Å²) in [6.07, 6.45) is 3.02. The van der Waals surface area contributed by atoms with E-state index in [0.29, 0.717) is 0 Å². The predicted octanol–water partition coefficient (Wildman–Crippen LogP) is 1.59. The molecule has 0 aromatic heterocycles. The minimum atomic E-state index is -2.83. The maximum absolute atomic E-state index is 11.4. The molecule has 0 saturated carbocycles. The van der Waals surface area contributed by atoms with Gasteiger partial charge in [0.25, 0.3) is 0 Å². The molecule has 1 N–H and O–H groups in total. The molecular weight excluding hydrogens is 198 g/mol. The molecule has 0 aliphatic rings. The Hall–Kier alpha value is -0.0900. The van der Waals surface area contributed by atoms with Crippen LogP contribution in [0.15, 0.2) is 0 Å². The Balaban J connectivity index is 4.08.